The monoisotopic (exact) mass is 221 g/mol. The number of pyridine rings is 1. The van der Waals surface area contributed by atoms with E-state index in [2.05, 4.69) is 17.2 Å². The summed E-state index contributed by atoms with van der Waals surface area (Å²) < 4.78 is 0. The fraction of sp³-hybridized carbons (Fsp3) is 0.500. The molecule has 0 spiro atoms. The number of rotatable bonds is 5. The van der Waals surface area contributed by atoms with E-state index in [4.69, 9.17) is 0 Å². The smallest absolute Gasteiger partial charge is 0.317 e. The molecule has 0 saturated carbocycles. The third-order valence-corrected chi connectivity index (χ3v) is 2.30. The van der Waals surface area contributed by atoms with Gasteiger partial charge in [0.15, 0.2) is 0 Å². The molecule has 0 aliphatic carbocycles. The van der Waals surface area contributed by atoms with Gasteiger partial charge in [0, 0.05) is 32.5 Å². The third-order valence-electron chi connectivity index (χ3n) is 2.30. The van der Waals surface area contributed by atoms with Crippen LogP contribution in [-0.4, -0.2) is 29.5 Å². The molecule has 1 heterocycles. The first-order valence-electron chi connectivity index (χ1n) is 5.62. The summed E-state index contributed by atoms with van der Waals surface area (Å²) in [7, 11) is 1.79. The SMILES string of the molecule is CCCCNC(=O)N(C)Cc1cccnc1. The molecule has 1 aromatic heterocycles. The molecule has 0 aliphatic rings. The predicted octanol–water partition coefficient (Wildman–Crippen LogP) is 2.02. The van der Waals surface area contributed by atoms with Crippen molar-refractivity contribution in [3.8, 4) is 0 Å². The molecule has 0 aliphatic heterocycles. The number of aromatic nitrogens is 1. The van der Waals surface area contributed by atoms with E-state index in [1.54, 1.807) is 24.3 Å². The highest BCUT2D eigenvalue weighted by Crippen LogP contribution is 2.00. The highest BCUT2D eigenvalue weighted by Gasteiger charge is 2.07. The normalized spacial score (nSPS) is 9.88. The van der Waals surface area contributed by atoms with Crippen molar-refractivity contribution in [1.29, 1.82) is 0 Å². The number of urea groups is 1. The molecule has 0 bridgehead atoms. The van der Waals surface area contributed by atoms with Crippen LogP contribution in [0.15, 0.2) is 24.5 Å². The average molecular weight is 221 g/mol. The molecule has 0 fully saturated rings. The third kappa shape index (κ3) is 4.29. The molecule has 16 heavy (non-hydrogen) atoms. The summed E-state index contributed by atoms with van der Waals surface area (Å²) in [4.78, 5) is 17.3. The maximum atomic E-state index is 11.6. The molecule has 1 rings (SSSR count). The topological polar surface area (TPSA) is 45.2 Å². The first kappa shape index (κ1) is 12.5. The highest BCUT2D eigenvalue weighted by molar-refractivity contribution is 5.73. The zero-order chi connectivity index (χ0) is 11.8. The summed E-state index contributed by atoms with van der Waals surface area (Å²) in [5.74, 6) is 0. The number of carbonyl (C=O) groups is 1. The number of unbranched alkanes of at least 4 members (excludes halogenated alkanes) is 1. The average Bonchev–Trinajstić information content (AvgIpc) is 2.30. The van der Waals surface area contributed by atoms with Crippen molar-refractivity contribution in [2.24, 2.45) is 0 Å². The van der Waals surface area contributed by atoms with Crippen molar-refractivity contribution < 1.29 is 4.79 Å². The molecule has 0 radical (unpaired) electrons. The summed E-state index contributed by atoms with van der Waals surface area (Å²) in [5.41, 5.74) is 1.04. The fourth-order valence-electron chi connectivity index (χ4n) is 1.34. The molecular weight excluding hydrogens is 202 g/mol. The van der Waals surface area contributed by atoms with Crippen LogP contribution < -0.4 is 5.32 Å². The van der Waals surface area contributed by atoms with Crippen LogP contribution in [0.25, 0.3) is 0 Å². The molecule has 0 aromatic carbocycles. The van der Waals surface area contributed by atoms with Crippen molar-refractivity contribution >= 4 is 6.03 Å². The summed E-state index contributed by atoms with van der Waals surface area (Å²) >= 11 is 0. The minimum absolute atomic E-state index is 0.0303. The molecule has 88 valence electrons. The van der Waals surface area contributed by atoms with Gasteiger partial charge in [0.05, 0.1) is 0 Å². The molecule has 0 unspecified atom stereocenters. The summed E-state index contributed by atoms with van der Waals surface area (Å²) in [5, 5.41) is 2.87. The van der Waals surface area contributed by atoms with E-state index in [-0.39, 0.29) is 6.03 Å². The summed E-state index contributed by atoms with van der Waals surface area (Å²) in [6.45, 7) is 3.43. The van der Waals surface area contributed by atoms with Gasteiger partial charge in [-0.05, 0) is 18.1 Å². The second-order valence-corrected chi connectivity index (χ2v) is 3.80. The Hall–Kier alpha value is -1.58. The van der Waals surface area contributed by atoms with E-state index in [0.29, 0.717) is 6.54 Å². The first-order valence-corrected chi connectivity index (χ1v) is 5.62. The van der Waals surface area contributed by atoms with Crippen LogP contribution >= 0.6 is 0 Å². The lowest BCUT2D eigenvalue weighted by Crippen LogP contribution is -2.37. The number of carbonyl (C=O) groups excluding carboxylic acids is 1. The first-order chi connectivity index (χ1) is 7.74. The number of hydrogen-bond donors (Lipinski definition) is 1. The van der Waals surface area contributed by atoms with Crippen LogP contribution in [0.5, 0.6) is 0 Å². The number of hydrogen-bond acceptors (Lipinski definition) is 2. The molecule has 4 nitrogen and oxygen atoms in total. The Labute approximate surface area is 96.7 Å². The Kier molecular flexibility index (Phi) is 5.32. The molecule has 4 heteroatoms. The van der Waals surface area contributed by atoms with Gasteiger partial charge in [-0.2, -0.15) is 0 Å². The van der Waals surface area contributed by atoms with E-state index < -0.39 is 0 Å². The molecule has 0 saturated heterocycles. The minimum atomic E-state index is -0.0303. The van der Waals surface area contributed by atoms with Crippen LogP contribution in [-0.2, 0) is 6.54 Å². The van der Waals surface area contributed by atoms with Crippen molar-refractivity contribution in [3.63, 3.8) is 0 Å². The zero-order valence-electron chi connectivity index (χ0n) is 9.94. The molecule has 1 N–H and O–H groups in total. The van der Waals surface area contributed by atoms with Crippen molar-refractivity contribution in [3.05, 3.63) is 30.1 Å². The second-order valence-electron chi connectivity index (χ2n) is 3.80. The summed E-state index contributed by atoms with van der Waals surface area (Å²) in [6.07, 6.45) is 5.61. The van der Waals surface area contributed by atoms with E-state index in [1.165, 1.54) is 0 Å². The number of nitrogens with zero attached hydrogens (tertiary/aromatic N) is 2. The van der Waals surface area contributed by atoms with E-state index in [9.17, 15) is 4.79 Å². The van der Waals surface area contributed by atoms with Gasteiger partial charge in [0.25, 0.3) is 0 Å². The minimum Gasteiger partial charge on any atom is -0.338 e. The van der Waals surface area contributed by atoms with Gasteiger partial charge >= 0.3 is 6.03 Å². The van der Waals surface area contributed by atoms with Gasteiger partial charge < -0.3 is 10.2 Å². The van der Waals surface area contributed by atoms with E-state index in [0.717, 1.165) is 24.9 Å². The molecule has 1 aromatic rings. The van der Waals surface area contributed by atoms with Crippen LogP contribution in [0.1, 0.15) is 25.3 Å². The van der Waals surface area contributed by atoms with Crippen LogP contribution in [0.2, 0.25) is 0 Å². The fourth-order valence-corrected chi connectivity index (χ4v) is 1.34. The van der Waals surface area contributed by atoms with Crippen LogP contribution in [0.4, 0.5) is 4.79 Å². The van der Waals surface area contributed by atoms with Gasteiger partial charge in [-0.15, -0.1) is 0 Å². The van der Waals surface area contributed by atoms with Gasteiger partial charge in [-0.3, -0.25) is 4.98 Å². The Morgan fingerprint density at radius 1 is 1.56 bits per heavy atom. The van der Waals surface area contributed by atoms with Gasteiger partial charge in [-0.25, -0.2) is 4.79 Å². The van der Waals surface area contributed by atoms with E-state index >= 15 is 0 Å². The standard InChI is InChI=1S/C12H19N3O/c1-3-4-8-14-12(16)15(2)10-11-6-5-7-13-9-11/h5-7,9H,3-4,8,10H2,1-2H3,(H,14,16). The molecule has 2 amide bonds. The zero-order valence-corrected chi connectivity index (χ0v) is 9.94. The molecule has 0 atom stereocenters. The summed E-state index contributed by atoms with van der Waals surface area (Å²) in [6, 6.07) is 3.80. The Bertz CT molecular complexity index is 313. The van der Waals surface area contributed by atoms with E-state index in [1.807, 2.05) is 12.1 Å². The Morgan fingerprint density at radius 3 is 3.00 bits per heavy atom. The lowest BCUT2D eigenvalue weighted by atomic mass is 10.3. The largest absolute Gasteiger partial charge is 0.338 e. The highest BCUT2D eigenvalue weighted by atomic mass is 16.2. The Balaban J connectivity index is 2.34. The van der Waals surface area contributed by atoms with Crippen molar-refractivity contribution in [2.75, 3.05) is 13.6 Å². The lowest BCUT2D eigenvalue weighted by Gasteiger charge is -2.17. The quantitative estimate of drug-likeness (QED) is 0.773. The van der Waals surface area contributed by atoms with Crippen molar-refractivity contribution in [2.45, 2.75) is 26.3 Å². The van der Waals surface area contributed by atoms with Gasteiger partial charge in [0.1, 0.15) is 0 Å². The van der Waals surface area contributed by atoms with Crippen LogP contribution in [0.3, 0.4) is 0 Å². The van der Waals surface area contributed by atoms with Gasteiger partial charge in [0.2, 0.25) is 0 Å². The van der Waals surface area contributed by atoms with Crippen LogP contribution in [0, 0.1) is 0 Å². The Morgan fingerprint density at radius 2 is 2.38 bits per heavy atom. The van der Waals surface area contributed by atoms with Crippen molar-refractivity contribution in [1.82, 2.24) is 15.2 Å². The lowest BCUT2D eigenvalue weighted by molar-refractivity contribution is 0.206. The molecular formula is C12H19N3O. The van der Waals surface area contributed by atoms with Gasteiger partial charge in [-0.1, -0.05) is 19.4 Å². The number of nitrogens with one attached hydrogen (secondary N) is 1. The number of amides is 2. The second kappa shape index (κ2) is 6.82. The maximum Gasteiger partial charge on any atom is 0.317 e. The maximum absolute atomic E-state index is 11.6. The predicted molar refractivity (Wildman–Crippen MR) is 64.0 cm³/mol.